The molecule has 2 N–H and O–H groups in total. The van der Waals surface area contributed by atoms with E-state index in [-0.39, 0.29) is 30.8 Å². The molecule has 0 spiro atoms. The number of alkyl halides is 3. The Labute approximate surface area is 162 Å². The Hall–Kier alpha value is -2.21. The number of rotatable bonds is 5. The molecule has 1 fully saturated rings. The standard InChI is InChI=1S/C20H21F3N2O.ClH/c1-13(15-3-2-4-16(12-15)20(21,22)23)25(18-9-10-18)19(26)11-14-5-7-17(24)8-6-14;/h2-8,12-13,18H,9-11,24H2,1H3;1H. The number of nitrogens with two attached hydrogens (primary N) is 1. The highest BCUT2D eigenvalue weighted by atomic mass is 35.5. The summed E-state index contributed by atoms with van der Waals surface area (Å²) in [7, 11) is 0. The van der Waals surface area contributed by atoms with Crippen LogP contribution in [-0.2, 0) is 17.4 Å². The van der Waals surface area contributed by atoms with E-state index < -0.39 is 17.8 Å². The summed E-state index contributed by atoms with van der Waals surface area (Å²) in [6.45, 7) is 1.79. The van der Waals surface area contributed by atoms with Crippen molar-refractivity contribution in [3.63, 3.8) is 0 Å². The largest absolute Gasteiger partial charge is 0.416 e. The summed E-state index contributed by atoms with van der Waals surface area (Å²) >= 11 is 0. The zero-order valence-corrected chi connectivity index (χ0v) is 15.7. The lowest BCUT2D eigenvalue weighted by molar-refractivity contribution is -0.137. The van der Waals surface area contributed by atoms with Crippen molar-refractivity contribution in [2.24, 2.45) is 0 Å². The number of nitrogen functional groups attached to an aromatic ring is 1. The number of carbonyl (C=O) groups is 1. The lowest BCUT2D eigenvalue weighted by Gasteiger charge is -2.30. The number of amides is 1. The monoisotopic (exact) mass is 398 g/mol. The highest BCUT2D eigenvalue weighted by Crippen LogP contribution is 2.37. The fourth-order valence-corrected chi connectivity index (χ4v) is 3.13. The molecule has 1 amide bonds. The maximum absolute atomic E-state index is 13.0. The topological polar surface area (TPSA) is 46.3 Å². The molecule has 1 saturated carbocycles. The van der Waals surface area contributed by atoms with E-state index in [1.54, 1.807) is 42.2 Å². The van der Waals surface area contributed by atoms with Gasteiger partial charge in [0.15, 0.2) is 0 Å². The summed E-state index contributed by atoms with van der Waals surface area (Å²) in [5.74, 6) is -0.0813. The second-order valence-electron chi connectivity index (χ2n) is 6.75. The van der Waals surface area contributed by atoms with Crippen LogP contribution >= 0.6 is 12.4 Å². The number of nitrogens with zero attached hydrogens (tertiary/aromatic N) is 1. The second kappa shape index (κ2) is 8.21. The van der Waals surface area contributed by atoms with Crippen LogP contribution in [0.5, 0.6) is 0 Å². The third-order valence-electron chi connectivity index (χ3n) is 4.68. The van der Waals surface area contributed by atoms with Crippen molar-refractivity contribution < 1.29 is 18.0 Å². The molecule has 0 heterocycles. The molecule has 7 heteroatoms. The minimum atomic E-state index is -4.39. The van der Waals surface area contributed by atoms with E-state index in [4.69, 9.17) is 5.73 Å². The van der Waals surface area contributed by atoms with Crippen molar-refractivity contribution in [3.05, 3.63) is 65.2 Å². The molecule has 0 bridgehead atoms. The summed E-state index contributed by atoms with van der Waals surface area (Å²) in [5, 5.41) is 0. The van der Waals surface area contributed by atoms with Crippen LogP contribution < -0.4 is 5.73 Å². The van der Waals surface area contributed by atoms with Crippen molar-refractivity contribution in [3.8, 4) is 0 Å². The van der Waals surface area contributed by atoms with Gasteiger partial charge in [-0.1, -0.05) is 24.3 Å². The normalized spacial score (nSPS) is 15.0. The van der Waals surface area contributed by atoms with E-state index in [1.807, 2.05) is 0 Å². The summed E-state index contributed by atoms with van der Waals surface area (Å²) in [4.78, 5) is 14.6. The van der Waals surface area contributed by atoms with E-state index in [0.717, 1.165) is 30.5 Å². The highest BCUT2D eigenvalue weighted by molar-refractivity contribution is 5.85. The van der Waals surface area contributed by atoms with Crippen molar-refractivity contribution >= 4 is 24.0 Å². The lowest BCUT2D eigenvalue weighted by atomic mass is 10.0. The molecule has 27 heavy (non-hydrogen) atoms. The third-order valence-corrected chi connectivity index (χ3v) is 4.68. The predicted molar refractivity (Wildman–Crippen MR) is 102 cm³/mol. The second-order valence-corrected chi connectivity index (χ2v) is 6.75. The molecule has 0 aliphatic heterocycles. The van der Waals surface area contributed by atoms with Gasteiger partial charge in [0.05, 0.1) is 18.0 Å². The molecular weight excluding hydrogens is 377 g/mol. The van der Waals surface area contributed by atoms with Gasteiger partial charge in [-0.2, -0.15) is 13.2 Å². The minimum absolute atomic E-state index is 0. The van der Waals surface area contributed by atoms with Crippen molar-refractivity contribution in [2.75, 3.05) is 5.73 Å². The van der Waals surface area contributed by atoms with Crippen molar-refractivity contribution in [1.29, 1.82) is 0 Å². The molecule has 1 unspecified atom stereocenters. The fraction of sp³-hybridized carbons (Fsp3) is 0.350. The van der Waals surface area contributed by atoms with E-state index >= 15 is 0 Å². The molecule has 0 radical (unpaired) electrons. The number of hydrogen-bond donors (Lipinski definition) is 1. The van der Waals surface area contributed by atoms with Gasteiger partial charge in [-0.05, 0) is 55.2 Å². The Balaban J connectivity index is 0.00000261. The quantitative estimate of drug-likeness (QED) is 0.720. The number of benzene rings is 2. The van der Waals surface area contributed by atoms with E-state index in [2.05, 4.69) is 0 Å². The molecule has 3 nitrogen and oxygen atoms in total. The van der Waals surface area contributed by atoms with Gasteiger partial charge in [0.1, 0.15) is 0 Å². The molecular formula is C20H22ClF3N2O. The maximum atomic E-state index is 13.0. The van der Waals surface area contributed by atoms with Gasteiger partial charge in [-0.3, -0.25) is 4.79 Å². The number of anilines is 1. The molecule has 146 valence electrons. The van der Waals surface area contributed by atoms with Crippen LogP contribution in [0, 0.1) is 0 Å². The molecule has 1 aliphatic carbocycles. The summed E-state index contributed by atoms with van der Waals surface area (Å²) < 4.78 is 39.0. The zero-order chi connectivity index (χ0) is 18.9. The van der Waals surface area contributed by atoms with Crippen molar-refractivity contribution in [1.82, 2.24) is 4.90 Å². The first-order chi connectivity index (χ1) is 12.3. The van der Waals surface area contributed by atoms with Gasteiger partial charge in [-0.25, -0.2) is 0 Å². The summed E-state index contributed by atoms with van der Waals surface area (Å²) in [6.07, 6.45) is -2.41. The molecule has 0 saturated heterocycles. The van der Waals surface area contributed by atoms with Gasteiger partial charge in [-0.15, -0.1) is 12.4 Å². The average molecular weight is 399 g/mol. The Kier molecular flexibility index (Phi) is 6.42. The number of carbonyl (C=O) groups excluding carboxylic acids is 1. The van der Waals surface area contributed by atoms with Crippen molar-refractivity contribution in [2.45, 2.75) is 44.4 Å². The predicted octanol–water partition coefficient (Wildman–Crippen LogP) is 5.00. The summed E-state index contributed by atoms with van der Waals surface area (Å²) in [6, 6.07) is 12.0. The Morgan fingerprint density at radius 3 is 2.37 bits per heavy atom. The van der Waals surface area contributed by atoms with Gasteiger partial charge >= 0.3 is 6.18 Å². The van der Waals surface area contributed by atoms with Gasteiger partial charge in [0, 0.05) is 11.7 Å². The van der Waals surface area contributed by atoms with Crippen LogP contribution in [0.25, 0.3) is 0 Å². The minimum Gasteiger partial charge on any atom is -0.399 e. The van der Waals surface area contributed by atoms with Gasteiger partial charge < -0.3 is 10.6 Å². The van der Waals surface area contributed by atoms with Gasteiger partial charge in [0.25, 0.3) is 0 Å². The first kappa shape index (κ1) is 21.1. The van der Waals surface area contributed by atoms with Crippen LogP contribution in [0.3, 0.4) is 0 Å². The van der Waals surface area contributed by atoms with E-state index in [1.165, 1.54) is 6.07 Å². The highest BCUT2D eigenvalue weighted by Gasteiger charge is 2.37. The zero-order valence-electron chi connectivity index (χ0n) is 14.9. The molecule has 2 aromatic rings. The van der Waals surface area contributed by atoms with Gasteiger partial charge in [0.2, 0.25) is 5.91 Å². The molecule has 1 atom stereocenters. The first-order valence-electron chi connectivity index (χ1n) is 8.58. The van der Waals surface area contributed by atoms with Crippen LogP contribution in [0.1, 0.15) is 42.5 Å². The first-order valence-corrected chi connectivity index (χ1v) is 8.58. The molecule has 1 aliphatic rings. The number of halogens is 4. The Bertz CT molecular complexity index is 789. The lowest BCUT2D eigenvalue weighted by Crippen LogP contribution is -2.36. The van der Waals surface area contributed by atoms with Crippen LogP contribution in [0.4, 0.5) is 18.9 Å². The fourth-order valence-electron chi connectivity index (χ4n) is 3.13. The summed E-state index contributed by atoms with van der Waals surface area (Å²) in [5.41, 5.74) is 6.93. The average Bonchev–Trinajstić information content (AvgIpc) is 3.41. The Morgan fingerprint density at radius 2 is 1.81 bits per heavy atom. The SMILES string of the molecule is CC(c1cccc(C(F)(F)F)c1)N(C(=O)Cc1ccc(N)cc1)C1CC1.Cl. The molecule has 3 rings (SSSR count). The maximum Gasteiger partial charge on any atom is 0.416 e. The number of hydrogen-bond acceptors (Lipinski definition) is 2. The van der Waals surface area contributed by atoms with Crippen LogP contribution in [-0.4, -0.2) is 16.8 Å². The molecule has 2 aromatic carbocycles. The van der Waals surface area contributed by atoms with Crippen LogP contribution in [0.15, 0.2) is 48.5 Å². The third kappa shape index (κ3) is 5.16. The van der Waals surface area contributed by atoms with E-state index in [9.17, 15) is 18.0 Å². The smallest absolute Gasteiger partial charge is 0.399 e. The molecule has 0 aromatic heterocycles. The van der Waals surface area contributed by atoms with E-state index in [0.29, 0.717) is 11.3 Å². The van der Waals surface area contributed by atoms with Crippen LogP contribution in [0.2, 0.25) is 0 Å². The Morgan fingerprint density at radius 1 is 1.19 bits per heavy atom.